The fourth-order valence-electron chi connectivity index (χ4n) is 2.26. The van der Waals surface area contributed by atoms with Crippen molar-refractivity contribution < 1.29 is 9.63 Å². The molecule has 0 aliphatic heterocycles. The van der Waals surface area contributed by atoms with Crippen LogP contribution in [-0.4, -0.2) is 11.8 Å². The Balaban J connectivity index is 1.72. The number of rotatable bonds is 3. The third kappa shape index (κ3) is 2.27. The maximum Gasteiger partial charge on any atom is 0.366 e. The van der Waals surface area contributed by atoms with Crippen LogP contribution in [0.5, 0.6) is 0 Å². The molecule has 1 saturated carbocycles. The molecule has 0 radical (unpaired) electrons. The average molecular weight is 264 g/mol. The lowest BCUT2D eigenvalue weighted by molar-refractivity contribution is 0.0513. The second-order valence-corrected chi connectivity index (χ2v) is 5.89. The normalized spacial score (nSPS) is 19.4. The first-order valence-corrected chi connectivity index (χ1v) is 7.27. The largest absolute Gasteiger partial charge is 0.384 e. The van der Waals surface area contributed by atoms with E-state index in [2.05, 4.69) is 5.16 Å². The van der Waals surface area contributed by atoms with Gasteiger partial charge in [0.05, 0.1) is 5.56 Å². The Labute approximate surface area is 110 Å². The Morgan fingerprint density at radius 1 is 1.39 bits per heavy atom. The molecule has 18 heavy (non-hydrogen) atoms. The van der Waals surface area contributed by atoms with Crippen LogP contribution in [0, 0.1) is 5.92 Å². The molecule has 0 atom stereocenters. The molecule has 1 heterocycles. The molecule has 1 fully saturated rings. The van der Waals surface area contributed by atoms with E-state index in [1.165, 1.54) is 11.3 Å². The molecule has 4 nitrogen and oxygen atoms in total. The lowest BCUT2D eigenvalue weighted by atomic mass is 9.96. The Morgan fingerprint density at radius 3 is 2.94 bits per heavy atom. The van der Waals surface area contributed by atoms with Gasteiger partial charge in [0.15, 0.2) is 0 Å². The predicted molar refractivity (Wildman–Crippen MR) is 70.7 cm³/mol. The number of thiophene rings is 1. The topological polar surface area (TPSA) is 64.7 Å². The summed E-state index contributed by atoms with van der Waals surface area (Å²) in [5.41, 5.74) is 7.54. The van der Waals surface area contributed by atoms with E-state index in [4.69, 9.17) is 10.6 Å². The third-order valence-electron chi connectivity index (χ3n) is 3.51. The number of hydrogen-bond acceptors (Lipinski definition) is 4. The van der Waals surface area contributed by atoms with E-state index in [9.17, 15) is 4.79 Å². The number of oxime groups is 1. The van der Waals surface area contributed by atoms with Gasteiger partial charge in [0.2, 0.25) is 0 Å². The molecule has 0 aromatic carbocycles. The van der Waals surface area contributed by atoms with Crippen molar-refractivity contribution in [2.75, 3.05) is 0 Å². The van der Waals surface area contributed by atoms with Crippen molar-refractivity contribution in [1.82, 2.24) is 0 Å². The molecule has 0 unspecified atom stereocenters. The molecule has 0 spiro atoms. The summed E-state index contributed by atoms with van der Waals surface area (Å²) in [6.45, 7) is 0. The second kappa shape index (κ2) is 4.72. The summed E-state index contributed by atoms with van der Waals surface area (Å²) in [5, 5.41) is 5.63. The number of carbonyl (C=O) groups is 1. The van der Waals surface area contributed by atoms with Crippen LogP contribution in [0.15, 0.2) is 10.5 Å². The molecular formula is C13H16N2O2S. The van der Waals surface area contributed by atoms with Gasteiger partial charge in [-0.1, -0.05) is 5.16 Å². The lowest BCUT2D eigenvalue weighted by Gasteiger charge is -2.11. The number of carbonyl (C=O) groups excluding carboxylic acids is 1. The van der Waals surface area contributed by atoms with Crippen molar-refractivity contribution in [1.29, 1.82) is 0 Å². The first-order chi connectivity index (χ1) is 8.75. The van der Waals surface area contributed by atoms with Crippen LogP contribution in [0.3, 0.4) is 0 Å². The van der Waals surface area contributed by atoms with Gasteiger partial charge in [-0.2, -0.15) is 0 Å². The molecule has 2 aliphatic rings. The Kier molecular flexibility index (Phi) is 3.07. The van der Waals surface area contributed by atoms with E-state index in [0.29, 0.717) is 17.3 Å². The van der Waals surface area contributed by atoms with Gasteiger partial charge in [0.25, 0.3) is 0 Å². The van der Waals surface area contributed by atoms with Gasteiger partial charge in [0, 0.05) is 16.2 Å². The van der Waals surface area contributed by atoms with Crippen molar-refractivity contribution in [3.05, 3.63) is 21.4 Å². The predicted octanol–water partition coefficient (Wildman–Crippen LogP) is 2.47. The fourth-order valence-corrected chi connectivity index (χ4v) is 3.38. The average Bonchev–Trinajstić information content (AvgIpc) is 3.15. The molecular weight excluding hydrogens is 248 g/mol. The maximum absolute atomic E-state index is 11.9. The standard InChI is InChI=1S/C13H16N2O2S/c14-12(8-5-6-8)15-17-13(16)10-7-18-11-4-2-1-3-9(10)11/h7-8H,1-6H2,(H2,14,15). The van der Waals surface area contributed by atoms with Gasteiger partial charge >= 0.3 is 5.97 Å². The van der Waals surface area contributed by atoms with E-state index in [0.717, 1.165) is 37.7 Å². The molecule has 0 bridgehead atoms. The Morgan fingerprint density at radius 2 is 2.17 bits per heavy atom. The zero-order valence-corrected chi connectivity index (χ0v) is 11.0. The van der Waals surface area contributed by atoms with E-state index >= 15 is 0 Å². The third-order valence-corrected chi connectivity index (χ3v) is 4.60. The van der Waals surface area contributed by atoms with E-state index in [1.807, 2.05) is 5.38 Å². The SMILES string of the molecule is NC(=NOC(=O)c1csc2c1CCCC2)C1CC1. The molecule has 2 N–H and O–H groups in total. The van der Waals surface area contributed by atoms with Crippen LogP contribution in [0.4, 0.5) is 0 Å². The Bertz CT molecular complexity index is 503. The van der Waals surface area contributed by atoms with Crippen LogP contribution >= 0.6 is 11.3 Å². The van der Waals surface area contributed by atoms with Gasteiger partial charge in [-0.05, 0) is 44.1 Å². The van der Waals surface area contributed by atoms with Crippen molar-refractivity contribution in [3.63, 3.8) is 0 Å². The maximum atomic E-state index is 11.9. The number of hydrogen-bond donors (Lipinski definition) is 1. The zero-order valence-electron chi connectivity index (χ0n) is 10.1. The summed E-state index contributed by atoms with van der Waals surface area (Å²) in [6, 6.07) is 0. The Hall–Kier alpha value is -1.36. The van der Waals surface area contributed by atoms with Crippen LogP contribution < -0.4 is 5.73 Å². The van der Waals surface area contributed by atoms with E-state index in [1.54, 1.807) is 11.3 Å². The first-order valence-electron chi connectivity index (χ1n) is 6.39. The molecule has 1 aromatic heterocycles. The van der Waals surface area contributed by atoms with E-state index in [-0.39, 0.29) is 5.97 Å². The summed E-state index contributed by atoms with van der Waals surface area (Å²) < 4.78 is 0. The summed E-state index contributed by atoms with van der Waals surface area (Å²) in [7, 11) is 0. The van der Waals surface area contributed by atoms with Gasteiger partial charge in [-0.3, -0.25) is 0 Å². The van der Waals surface area contributed by atoms with Crippen LogP contribution in [-0.2, 0) is 17.7 Å². The monoisotopic (exact) mass is 264 g/mol. The van der Waals surface area contributed by atoms with Crippen molar-refractivity contribution in [2.45, 2.75) is 38.5 Å². The summed E-state index contributed by atoms with van der Waals surface area (Å²) in [6.07, 6.45) is 6.54. The lowest BCUT2D eigenvalue weighted by Crippen LogP contribution is -2.16. The molecule has 5 heteroatoms. The summed E-state index contributed by atoms with van der Waals surface area (Å²) >= 11 is 1.65. The highest BCUT2D eigenvalue weighted by Crippen LogP contribution is 2.31. The molecule has 2 aliphatic carbocycles. The number of fused-ring (bicyclic) bond motifs is 1. The minimum Gasteiger partial charge on any atom is -0.384 e. The molecule has 3 rings (SSSR count). The quantitative estimate of drug-likeness (QED) is 0.395. The van der Waals surface area contributed by atoms with Crippen molar-refractivity contribution in [2.24, 2.45) is 16.8 Å². The fraction of sp³-hybridized carbons (Fsp3) is 0.538. The van der Waals surface area contributed by atoms with Gasteiger partial charge in [0.1, 0.15) is 5.84 Å². The van der Waals surface area contributed by atoms with Gasteiger partial charge < -0.3 is 10.6 Å². The smallest absolute Gasteiger partial charge is 0.366 e. The van der Waals surface area contributed by atoms with Crippen molar-refractivity contribution >= 4 is 23.1 Å². The highest BCUT2D eigenvalue weighted by molar-refractivity contribution is 7.10. The highest BCUT2D eigenvalue weighted by Gasteiger charge is 2.27. The van der Waals surface area contributed by atoms with E-state index < -0.39 is 0 Å². The molecule has 1 aromatic rings. The van der Waals surface area contributed by atoms with Crippen LogP contribution in [0.25, 0.3) is 0 Å². The number of aryl methyl sites for hydroxylation is 1. The first kappa shape index (κ1) is 11.7. The second-order valence-electron chi connectivity index (χ2n) is 4.93. The molecule has 96 valence electrons. The summed E-state index contributed by atoms with van der Waals surface area (Å²) in [5.74, 6) is 0.416. The zero-order chi connectivity index (χ0) is 12.5. The minimum atomic E-state index is -0.363. The summed E-state index contributed by atoms with van der Waals surface area (Å²) in [4.78, 5) is 18.2. The highest BCUT2D eigenvalue weighted by atomic mass is 32.1. The number of amidine groups is 1. The minimum absolute atomic E-state index is 0.328. The van der Waals surface area contributed by atoms with Crippen LogP contribution in [0.2, 0.25) is 0 Å². The molecule has 0 amide bonds. The molecule has 0 saturated heterocycles. The van der Waals surface area contributed by atoms with Gasteiger partial charge in [-0.25, -0.2) is 4.79 Å². The van der Waals surface area contributed by atoms with Crippen LogP contribution in [0.1, 0.15) is 46.5 Å². The van der Waals surface area contributed by atoms with Crippen molar-refractivity contribution in [3.8, 4) is 0 Å². The number of nitrogens with zero attached hydrogens (tertiary/aromatic N) is 1. The van der Waals surface area contributed by atoms with Gasteiger partial charge in [-0.15, -0.1) is 11.3 Å². The number of nitrogens with two attached hydrogens (primary N) is 1.